The van der Waals surface area contributed by atoms with Crippen LogP contribution in [0.2, 0.25) is 0 Å². The van der Waals surface area contributed by atoms with Crippen LogP contribution >= 0.6 is 27.3 Å². The molecule has 1 aliphatic carbocycles. The van der Waals surface area contributed by atoms with Crippen molar-refractivity contribution in [2.24, 2.45) is 0 Å². The molecular formula is C17H20BrNOS. The number of carbonyl (C=O) groups is 1. The van der Waals surface area contributed by atoms with E-state index in [1.165, 1.54) is 32.1 Å². The number of halogens is 1. The van der Waals surface area contributed by atoms with E-state index in [-0.39, 0.29) is 5.91 Å². The van der Waals surface area contributed by atoms with Crippen molar-refractivity contribution in [3.63, 3.8) is 0 Å². The van der Waals surface area contributed by atoms with Crippen LogP contribution < -0.4 is 5.32 Å². The quantitative estimate of drug-likeness (QED) is 0.746. The average Bonchev–Trinajstić information content (AvgIpc) is 2.84. The monoisotopic (exact) mass is 365 g/mol. The van der Waals surface area contributed by atoms with Gasteiger partial charge in [-0.1, -0.05) is 54.1 Å². The molecule has 0 bridgehead atoms. The number of hydrogen-bond donors (Lipinski definition) is 1. The summed E-state index contributed by atoms with van der Waals surface area (Å²) in [7, 11) is 0. The molecule has 0 radical (unpaired) electrons. The largest absolute Gasteiger partial charge is 0.349 e. The highest BCUT2D eigenvalue weighted by atomic mass is 79.9. The van der Waals surface area contributed by atoms with Gasteiger partial charge >= 0.3 is 0 Å². The molecule has 0 atom stereocenters. The normalized spacial score (nSPS) is 17.4. The second kappa shape index (κ2) is 6.93. The lowest BCUT2D eigenvalue weighted by Crippen LogP contribution is -2.34. The van der Waals surface area contributed by atoms with E-state index in [9.17, 15) is 4.79 Å². The predicted molar refractivity (Wildman–Crippen MR) is 93.1 cm³/mol. The molecule has 1 saturated carbocycles. The minimum absolute atomic E-state index is 0.0953. The Labute approximate surface area is 138 Å². The molecule has 0 unspecified atom stereocenters. The van der Waals surface area contributed by atoms with Crippen LogP contribution in [0.1, 0.15) is 54.6 Å². The Kier molecular flexibility index (Phi) is 4.96. The summed E-state index contributed by atoms with van der Waals surface area (Å²) in [4.78, 5) is 13.3. The smallest absolute Gasteiger partial charge is 0.261 e. The van der Waals surface area contributed by atoms with Crippen molar-refractivity contribution in [1.82, 2.24) is 5.32 Å². The maximum Gasteiger partial charge on any atom is 0.261 e. The number of thiophene rings is 1. The van der Waals surface area contributed by atoms with Gasteiger partial charge in [0.2, 0.25) is 0 Å². The summed E-state index contributed by atoms with van der Waals surface area (Å²) in [6.07, 6.45) is 8.71. The summed E-state index contributed by atoms with van der Waals surface area (Å²) >= 11 is 5.06. The summed E-state index contributed by atoms with van der Waals surface area (Å²) in [6, 6.07) is 8.51. The Morgan fingerprint density at radius 2 is 1.81 bits per heavy atom. The fourth-order valence-electron chi connectivity index (χ4n) is 2.97. The number of rotatable bonds is 2. The van der Waals surface area contributed by atoms with Crippen molar-refractivity contribution in [3.05, 3.63) is 33.6 Å². The highest BCUT2D eigenvalue weighted by Crippen LogP contribution is 2.28. The number of nitrogens with one attached hydrogen (secondary N) is 1. The Morgan fingerprint density at radius 1 is 1.10 bits per heavy atom. The van der Waals surface area contributed by atoms with Crippen LogP contribution in [0.5, 0.6) is 0 Å². The molecule has 1 heterocycles. The van der Waals surface area contributed by atoms with Crippen LogP contribution in [0.4, 0.5) is 0 Å². The van der Waals surface area contributed by atoms with Gasteiger partial charge < -0.3 is 5.32 Å². The van der Waals surface area contributed by atoms with Gasteiger partial charge in [-0.3, -0.25) is 4.79 Å². The van der Waals surface area contributed by atoms with E-state index in [0.29, 0.717) is 6.04 Å². The van der Waals surface area contributed by atoms with Crippen molar-refractivity contribution < 1.29 is 4.79 Å². The highest BCUT2D eigenvalue weighted by molar-refractivity contribution is 9.10. The summed E-state index contributed by atoms with van der Waals surface area (Å²) in [5.41, 5.74) is 0. The molecule has 1 amide bonds. The van der Waals surface area contributed by atoms with Crippen molar-refractivity contribution in [2.75, 3.05) is 0 Å². The molecule has 112 valence electrons. The van der Waals surface area contributed by atoms with E-state index in [4.69, 9.17) is 0 Å². The van der Waals surface area contributed by atoms with Crippen LogP contribution in [0.25, 0.3) is 10.1 Å². The first-order valence-corrected chi connectivity index (χ1v) is 9.33. The summed E-state index contributed by atoms with van der Waals surface area (Å²) in [5.74, 6) is 0.0953. The Balaban J connectivity index is 1.70. The third kappa shape index (κ3) is 3.86. The second-order valence-electron chi connectivity index (χ2n) is 5.81. The van der Waals surface area contributed by atoms with E-state index in [2.05, 4.69) is 33.4 Å². The third-order valence-corrected chi connectivity index (χ3v) is 5.74. The number of carbonyl (C=O) groups excluding carboxylic acids is 1. The van der Waals surface area contributed by atoms with Gasteiger partial charge in [0.05, 0.1) is 4.88 Å². The summed E-state index contributed by atoms with van der Waals surface area (Å²) in [6.45, 7) is 0. The molecule has 0 aliphatic heterocycles. The van der Waals surface area contributed by atoms with E-state index >= 15 is 0 Å². The minimum atomic E-state index is 0.0953. The first-order chi connectivity index (χ1) is 10.2. The fourth-order valence-corrected chi connectivity index (χ4v) is 4.49. The standard InChI is InChI=1S/C17H20BrNOS/c18-13-9-8-12-10-16(21-15(12)11-13)17(20)19-14-6-4-2-1-3-5-7-14/h8-11,14H,1-7H2,(H,19,20). The van der Waals surface area contributed by atoms with Gasteiger partial charge in [-0.25, -0.2) is 0 Å². The number of amides is 1. The van der Waals surface area contributed by atoms with Crippen molar-refractivity contribution >= 4 is 43.3 Å². The number of benzene rings is 1. The first kappa shape index (κ1) is 15.0. The van der Waals surface area contributed by atoms with Gasteiger partial charge in [-0.2, -0.15) is 0 Å². The molecule has 0 saturated heterocycles. The predicted octanol–water partition coefficient (Wildman–Crippen LogP) is 5.51. The lowest BCUT2D eigenvalue weighted by molar-refractivity contribution is 0.0934. The molecule has 1 aliphatic rings. The second-order valence-corrected chi connectivity index (χ2v) is 7.81. The fraction of sp³-hybridized carbons (Fsp3) is 0.471. The summed E-state index contributed by atoms with van der Waals surface area (Å²) < 4.78 is 2.22. The molecule has 1 fully saturated rings. The van der Waals surface area contributed by atoms with Gasteiger partial charge in [0.15, 0.2) is 0 Å². The molecule has 2 aromatic rings. The van der Waals surface area contributed by atoms with Crippen LogP contribution in [0.15, 0.2) is 28.7 Å². The van der Waals surface area contributed by atoms with E-state index in [1.54, 1.807) is 11.3 Å². The van der Waals surface area contributed by atoms with Crippen molar-refractivity contribution in [1.29, 1.82) is 0 Å². The van der Waals surface area contributed by atoms with Crippen LogP contribution in [-0.4, -0.2) is 11.9 Å². The van der Waals surface area contributed by atoms with E-state index in [1.807, 2.05) is 12.1 Å². The van der Waals surface area contributed by atoms with E-state index < -0.39 is 0 Å². The van der Waals surface area contributed by atoms with Gasteiger partial charge in [-0.15, -0.1) is 11.3 Å². The Morgan fingerprint density at radius 3 is 2.57 bits per heavy atom. The third-order valence-electron chi connectivity index (χ3n) is 4.15. The maximum absolute atomic E-state index is 12.5. The lowest BCUT2D eigenvalue weighted by atomic mass is 9.97. The average molecular weight is 366 g/mol. The highest BCUT2D eigenvalue weighted by Gasteiger charge is 2.16. The molecule has 2 nitrogen and oxygen atoms in total. The number of hydrogen-bond acceptors (Lipinski definition) is 2. The SMILES string of the molecule is O=C(NC1CCCCCCC1)c1cc2ccc(Br)cc2s1. The molecule has 1 aromatic heterocycles. The van der Waals surface area contributed by atoms with Gasteiger partial charge in [0.1, 0.15) is 0 Å². The lowest BCUT2D eigenvalue weighted by Gasteiger charge is -2.20. The molecular weight excluding hydrogens is 346 g/mol. The van der Waals surface area contributed by atoms with Gasteiger partial charge in [-0.05, 0) is 36.4 Å². The van der Waals surface area contributed by atoms with Gasteiger partial charge in [0.25, 0.3) is 5.91 Å². The first-order valence-electron chi connectivity index (χ1n) is 7.72. The molecule has 1 aromatic carbocycles. The molecule has 3 rings (SSSR count). The molecule has 1 N–H and O–H groups in total. The molecule has 0 spiro atoms. The molecule has 21 heavy (non-hydrogen) atoms. The summed E-state index contributed by atoms with van der Waals surface area (Å²) in [5, 5.41) is 4.38. The van der Waals surface area contributed by atoms with Crippen LogP contribution in [0.3, 0.4) is 0 Å². The molecule has 4 heteroatoms. The maximum atomic E-state index is 12.5. The topological polar surface area (TPSA) is 29.1 Å². The van der Waals surface area contributed by atoms with E-state index in [0.717, 1.165) is 32.3 Å². The Bertz CT molecular complexity index is 629. The van der Waals surface area contributed by atoms with Crippen LogP contribution in [0, 0.1) is 0 Å². The zero-order chi connectivity index (χ0) is 14.7. The van der Waals surface area contributed by atoms with Crippen LogP contribution in [-0.2, 0) is 0 Å². The Hall–Kier alpha value is -0.870. The van der Waals surface area contributed by atoms with Crippen molar-refractivity contribution in [3.8, 4) is 0 Å². The number of fused-ring (bicyclic) bond motifs is 1. The van der Waals surface area contributed by atoms with Crippen molar-refractivity contribution in [2.45, 2.75) is 51.0 Å². The zero-order valence-corrected chi connectivity index (χ0v) is 14.4. The zero-order valence-electron chi connectivity index (χ0n) is 12.0. The van der Waals surface area contributed by atoms with Gasteiger partial charge in [0, 0.05) is 15.2 Å². The minimum Gasteiger partial charge on any atom is -0.349 e.